The van der Waals surface area contributed by atoms with Crippen LogP contribution in [0.5, 0.6) is 0 Å². The van der Waals surface area contributed by atoms with Crippen molar-refractivity contribution in [3.05, 3.63) is 12.0 Å². The second-order valence-corrected chi connectivity index (χ2v) is 7.92. The molecule has 0 bridgehead atoms. The predicted octanol–water partition coefficient (Wildman–Crippen LogP) is 0.996. The van der Waals surface area contributed by atoms with E-state index >= 15 is 0 Å². The van der Waals surface area contributed by atoms with Crippen molar-refractivity contribution in [1.29, 1.82) is 0 Å². The molecule has 1 aliphatic rings. The third-order valence-electron chi connectivity index (χ3n) is 1.60. The lowest BCUT2D eigenvalue weighted by molar-refractivity contribution is 0.255. The molecule has 70 valence electrons. The molecule has 1 rings (SSSR count). The fourth-order valence-electron chi connectivity index (χ4n) is 1.10. The first-order valence-electron chi connectivity index (χ1n) is 3.85. The van der Waals surface area contributed by atoms with E-state index < -0.39 is 19.7 Å². The van der Waals surface area contributed by atoms with Gasteiger partial charge in [-0.25, -0.2) is 0 Å². The van der Waals surface area contributed by atoms with Gasteiger partial charge >= 0.3 is 8.56 Å². The standard InChI is InChI=1S/C7H14O3SSi/c1-4-11(8)6-7-5-9-12(2,3)10-7/h4,7H,1,5-6H2,2-3H3. The van der Waals surface area contributed by atoms with Crippen LogP contribution in [0.2, 0.25) is 13.1 Å². The molecular weight excluding hydrogens is 192 g/mol. The third kappa shape index (κ3) is 2.91. The summed E-state index contributed by atoms with van der Waals surface area (Å²) < 4.78 is 22.1. The van der Waals surface area contributed by atoms with Crippen LogP contribution in [0.1, 0.15) is 0 Å². The first-order valence-corrected chi connectivity index (χ1v) is 8.05. The first kappa shape index (κ1) is 10.3. The van der Waals surface area contributed by atoms with Crippen molar-refractivity contribution in [2.45, 2.75) is 19.2 Å². The van der Waals surface area contributed by atoms with Crippen molar-refractivity contribution in [3.63, 3.8) is 0 Å². The molecule has 0 aromatic carbocycles. The van der Waals surface area contributed by atoms with Gasteiger partial charge in [0.1, 0.15) is 17.3 Å². The van der Waals surface area contributed by atoms with Crippen LogP contribution in [0, 0.1) is 0 Å². The highest BCUT2D eigenvalue weighted by atomic mass is 32.2. The van der Waals surface area contributed by atoms with Crippen molar-refractivity contribution < 1.29 is 13.4 Å². The molecule has 0 spiro atoms. The quantitative estimate of drug-likeness (QED) is 0.511. The first-order chi connectivity index (χ1) is 5.53. The van der Waals surface area contributed by atoms with Gasteiger partial charge in [0.25, 0.3) is 0 Å². The molecule has 3 nitrogen and oxygen atoms in total. The Morgan fingerprint density at radius 3 is 2.83 bits per heavy atom. The van der Waals surface area contributed by atoms with Crippen LogP contribution >= 0.6 is 0 Å². The molecule has 0 amide bonds. The SMILES string of the molecule is C=C[S+]([O-])CC1CO[Si](C)(C)O1. The molecule has 0 N–H and O–H groups in total. The van der Waals surface area contributed by atoms with Gasteiger partial charge in [-0.15, -0.1) is 0 Å². The molecule has 1 aliphatic heterocycles. The van der Waals surface area contributed by atoms with Gasteiger partial charge in [-0.1, -0.05) is 6.58 Å². The van der Waals surface area contributed by atoms with E-state index in [9.17, 15) is 4.55 Å². The Hall–Kier alpha value is 0.187. The normalized spacial score (nSPS) is 30.1. The summed E-state index contributed by atoms with van der Waals surface area (Å²) in [6, 6.07) is 0. The Labute approximate surface area is 77.2 Å². The summed E-state index contributed by atoms with van der Waals surface area (Å²) in [6.07, 6.45) is 0.00509. The second kappa shape index (κ2) is 3.93. The molecule has 0 saturated carbocycles. The topological polar surface area (TPSA) is 41.5 Å². The van der Waals surface area contributed by atoms with Gasteiger partial charge in [-0.05, 0) is 24.3 Å². The number of rotatable bonds is 3. The van der Waals surface area contributed by atoms with Gasteiger partial charge in [0.05, 0.1) is 6.61 Å². The molecule has 2 atom stereocenters. The van der Waals surface area contributed by atoms with Gasteiger partial charge in [0.2, 0.25) is 0 Å². The van der Waals surface area contributed by atoms with Gasteiger partial charge in [-0.2, -0.15) is 0 Å². The maximum absolute atomic E-state index is 11.1. The van der Waals surface area contributed by atoms with E-state index in [0.717, 1.165) is 0 Å². The van der Waals surface area contributed by atoms with Crippen LogP contribution in [0.4, 0.5) is 0 Å². The average molecular weight is 206 g/mol. The van der Waals surface area contributed by atoms with Crippen LogP contribution in [-0.4, -0.2) is 31.6 Å². The minimum Gasteiger partial charge on any atom is -0.612 e. The Kier molecular flexibility index (Phi) is 3.36. The zero-order chi connectivity index (χ0) is 9.19. The molecule has 0 radical (unpaired) electrons. The molecular formula is C7H14O3SSi. The van der Waals surface area contributed by atoms with Crippen LogP contribution in [0.15, 0.2) is 12.0 Å². The molecule has 0 aromatic heterocycles. The fraction of sp³-hybridized carbons (Fsp3) is 0.714. The van der Waals surface area contributed by atoms with Gasteiger partial charge in [0.15, 0.2) is 0 Å². The molecule has 0 aromatic rings. The zero-order valence-corrected chi connectivity index (χ0v) is 9.23. The molecule has 0 aliphatic carbocycles. The maximum atomic E-state index is 11.1. The van der Waals surface area contributed by atoms with Crippen LogP contribution in [0.3, 0.4) is 0 Å². The number of hydrogen-bond acceptors (Lipinski definition) is 3. The Morgan fingerprint density at radius 2 is 2.42 bits per heavy atom. The molecule has 12 heavy (non-hydrogen) atoms. The Balaban J connectivity index is 2.33. The highest BCUT2D eigenvalue weighted by molar-refractivity contribution is 7.94. The van der Waals surface area contributed by atoms with Gasteiger partial charge in [0, 0.05) is 0 Å². The Morgan fingerprint density at radius 1 is 1.75 bits per heavy atom. The van der Waals surface area contributed by atoms with E-state index in [1.807, 2.05) is 13.1 Å². The minimum absolute atomic E-state index is 0.00509. The van der Waals surface area contributed by atoms with E-state index in [1.165, 1.54) is 5.41 Å². The van der Waals surface area contributed by atoms with E-state index in [2.05, 4.69) is 6.58 Å². The summed E-state index contributed by atoms with van der Waals surface area (Å²) in [7, 11) is -1.85. The summed E-state index contributed by atoms with van der Waals surface area (Å²) in [5, 5.41) is 1.44. The predicted molar refractivity (Wildman–Crippen MR) is 51.5 cm³/mol. The summed E-state index contributed by atoms with van der Waals surface area (Å²) in [4.78, 5) is 0. The summed E-state index contributed by atoms with van der Waals surface area (Å²) in [5.41, 5.74) is 0. The van der Waals surface area contributed by atoms with Crippen LogP contribution in [-0.2, 0) is 20.0 Å². The smallest absolute Gasteiger partial charge is 0.332 e. The minimum atomic E-state index is -1.85. The molecule has 1 saturated heterocycles. The van der Waals surface area contributed by atoms with Crippen molar-refractivity contribution >= 4 is 19.7 Å². The van der Waals surface area contributed by atoms with E-state index in [1.54, 1.807) is 0 Å². The third-order valence-corrected chi connectivity index (χ3v) is 4.44. The highest BCUT2D eigenvalue weighted by Crippen LogP contribution is 2.19. The van der Waals surface area contributed by atoms with Crippen LogP contribution < -0.4 is 0 Å². The summed E-state index contributed by atoms with van der Waals surface area (Å²) >= 11 is -0.969. The van der Waals surface area contributed by atoms with E-state index in [-0.39, 0.29) is 6.10 Å². The largest absolute Gasteiger partial charge is 0.612 e. The van der Waals surface area contributed by atoms with E-state index in [4.69, 9.17) is 8.85 Å². The average Bonchev–Trinajstić information content (AvgIpc) is 2.30. The van der Waals surface area contributed by atoms with Gasteiger partial charge in [-0.3, -0.25) is 0 Å². The van der Waals surface area contributed by atoms with Crippen molar-refractivity contribution in [2.24, 2.45) is 0 Å². The monoisotopic (exact) mass is 206 g/mol. The second-order valence-electron chi connectivity index (χ2n) is 3.16. The molecule has 5 heteroatoms. The lowest BCUT2D eigenvalue weighted by Crippen LogP contribution is -2.30. The van der Waals surface area contributed by atoms with Crippen LogP contribution in [0.25, 0.3) is 0 Å². The summed E-state index contributed by atoms with van der Waals surface area (Å²) in [5.74, 6) is 0.514. The molecule has 1 fully saturated rings. The summed E-state index contributed by atoms with van der Waals surface area (Å²) in [6.45, 7) is 8.02. The van der Waals surface area contributed by atoms with Crippen molar-refractivity contribution in [3.8, 4) is 0 Å². The van der Waals surface area contributed by atoms with Crippen molar-refractivity contribution in [2.75, 3.05) is 12.4 Å². The van der Waals surface area contributed by atoms with E-state index in [0.29, 0.717) is 12.4 Å². The fourth-order valence-corrected chi connectivity index (χ4v) is 3.49. The van der Waals surface area contributed by atoms with Crippen molar-refractivity contribution in [1.82, 2.24) is 0 Å². The van der Waals surface area contributed by atoms with Gasteiger partial charge < -0.3 is 13.4 Å². The molecule has 1 heterocycles. The Bertz CT molecular complexity index is 174. The maximum Gasteiger partial charge on any atom is 0.332 e. The zero-order valence-electron chi connectivity index (χ0n) is 7.41. The highest BCUT2D eigenvalue weighted by Gasteiger charge is 2.37. The number of hydrogen-bond donors (Lipinski definition) is 0. The lowest BCUT2D eigenvalue weighted by Gasteiger charge is -2.14. The molecule has 2 unspecified atom stereocenters. The lowest BCUT2D eigenvalue weighted by atomic mass is 10.4.